The lowest BCUT2D eigenvalue weighted by Crippen LogP contribution is -2.57. The monoisotopic (exact) mass is 403 g/mol. The lowest BCUT2D eigenvalue weighted by Gasteiger charge is -2.44. The fourth-order valence-corrected chi connectivity index (χ4v) is 10.3. The second kappa shape index (κ2) is 8.35. The van der Waals surface area contributed by atoms with Crippen molar-refractivity contribution >= 4 is 8.32 Å². The summed E-state index contributed by atoms with van der Waals surface area (Å²) in [4.78, 5) is 2.74. The SMILES string of the molecule is CC(C)[Si](OC[C@H]1O[C@@H](F)[C@H](N=[N+]=[N-])[C@H]2OC(C)(C)O[C@H]21)(C(C)C)C(C)C. The van der Waals surface area contributed by atoms with Crippen molar-refractivity contribution in [2.45, 2.75) is 109 Å². The van der Waals surface area contributed by atoms with Crippen molar-refractivity contribution in [3.8, 4) is 0 Å². The zero-order valence-corrected chi connectivity index (χ0v) is 18.7. The molecule has 27 heavy (non-hydrogen) atoms. The largest absolute Gasteiger partial charge is 0.413 e. The van der Waals surface area contributed by atoms with Crippen LogP contribution in [-0.4, -0.2) is 51.4 Å². The predicted molar refractivity (Wildman–Crippen MR) is 104 cm³/mol. The average Bonchev–Trinajstić information content (AvgIpc) is 2.85. The molecule has 0 aliphatic carbocycles. The average molecular weight is 404 g/mol. The van der Waals surface area contributed by atoms with E-state index in [1.165, 1.54) is 0 Å². The Labute approximate surface area is 162 Å². The van der Waals surface area contributed by atoms with Gasteiger partial charge in [0, 0.05) is 4.91 Å². The van der Waals surface area contributed by atoms with Crippen LogP contribution in [0.1, 0.15) is 55.4 Å². The molecular weight excluding hydrogens is 369 g/mol. The summed E-state index contributed by atoms with van der Waals surface area (Å²) in [5, 5.41) is 3.54. The number of azide groups is 1. The number of ether oxygens (including phenoxy) is 3. The van der Waals surface area contributed by atoms with Gasteiger partial charge >= 0.3 is 0 Å². The molecule has 0 bridgehead atoms. The molecule has 0 radical (unpaired) electrons. The summed E-state index contributed by atoms with van der Waals surface area (Å²) in [6.45, 7) is 17.0. The Morgan fingerprint density at radius 3 is 2.07 bits per heavy atom. The van der Waals surface area contributed by atoms with Crippen LogP contribution in [0.3, 0.4) is 0 Å². The van der Waals surface area contributed by atoms with Crippen molar-refractivity contribution in [3.05, 3.63) is 10.4 Å². The van der Waals surface area contributed by atoms with Crippen LogP contribution in [0, 0.1) is 0 Å². The summed E-state index contributed by atoms with van der Waals surface area (Å²) in [6, 6.07) is -1.07. The molecule has 7 nitrogen and oxygen atoms in total. The molecule has 2 heterocycles. The van der Waals surface area contributed by atoms with Gasteiger partial charge in [0.15, 0.2) is 14.1 Å². The van der Waals surface area contributed by atoms with Crippen LogP contribution >= 0.6 is 0 Å². The van der Waals surface area contributed by atoms with Gasteiger partial charge in [0.1, 0.15) is 24.4 Å². The quantitative estimate of drug-likeness (QED) is 0.257. The van der Waals surface area contributed by atoms with E-state index >= 15 is 0 Å². The van der Waals surface area contributed by atoms with Gasteiger partial charge in [0.25, 0.3) is 0 Å². The van der Waals surface area contributed by atoms with E-state index in [4.69, 9.17) is 24.2 Å². The lowest BCUT2D eigenvalue weighted by molar-refractivity contribution is -0.196. The Kier molecular flexibility index (Phi) is 6.98. The number of hydrogen-bond acceptors (Lipinski definition) is 5. The maximum atomic E-state index is 14.6. The van der Waals surface area contributed by atoms with Crippen molar-refractivity contribution < 1.29 is 23.0 Å². The highest BCUT2D eigenvalue weighted by Gasteiger charge is 2.56. The Balaban J connectivity index is 2.24. The van der Waals surface area contributed by atoms with E-state index in [1.807, 2.05) is 0 Å². The maximum absolute atomic E-state index is 14.6. The molecule has 2 aliphatic heterocycles. The number of hydrogen-bond donors (Lipinski definition) is 0. The number of rotatable bonds is 7. The summed E-state index contributed by atoms with van der Waals surface area (Å²) in [5.74, 6) is -0.896. The van der Waals surface area contributed by atoms with E-state index in [0.717, 1.165) is 0 Å². The summed E-state index contributed by atoms with van der Waals surface area (Å²) < 4.78 is 38.6. The zero-order chi connectivity index (χ0) is 20.6. The molecule has 0 amide bonds. The second-order valence-corrected chi connectivity index (χ2v) is 14.4. The normalized spacial score (nSPS) is 33.4. The summed E-state index contributed by atoms with van der Waals surface area (Å²) in [6.07, 6.45) is -3.59. The molecular formula is C18H34FN3O4Si. The number of nitrogens with zero attached hydrogens (tertiary/aromatic N) is 3. The summed E-state index contributed by atoms with van der Waals surface area (Å²) in [5.41, 5.74) is 9.99. The molecule has 0 saturated carbocycles. The first kappa shape index (κ1) is 22.6. The molecule has 0 aromatic heterocycles. The zero-order valence-electron chi connectivity index (χ0n) is 17.7. The fraction of sp³-hybridized carbons (Fsp3) is 1.00. The van der Waals surface area contributed by atoms with Gasteiger partial charge < -0.3 is 18.6 Å². The first-order valence-corrected chi connectivity index (χ1v) is 11.9. The number of fused-ring (bicyclic) bond motifs is 1. The summed E-state index contributed by atoms with van der Waals surface area (Å²) in [7, 11) is -2.13. The van der Waals surface area contributed by atoms with E-state index in [0.29, 0.717) is 16.6 Å². The number of alkyl halides is 1. The highest BCUT2D eigenvalue weighted by atomic mass is 28.4. The van der Waals surface area contributed by atoms with Crippen molar-refractivity contribution in [3.63, 3.8) is 0 Å². The smallest absolute Gasteiger partial charge is 0.210 e. The van der Waals surface area contributed by atoms with E-state index in [2.05, 4.69) is 51.6 Å². The Morgan fingerprint density at radius 1 is 1.07 bits per heavy atom. The van der Waals surface area contributed by atoms with Crippen LogP contribution in [-0.2, 0) is 18.6 Å². The molecule has 2 aliphatic rings. The molecule has 0 aromatic carbocycles. The van der Waals surface area contributed by atoms with Crippen molar-refractivity contribution in [2.75, 3.05) is 6.61 Å². The third-order valence-electron chi connectivity index (χ3n) is 5.83. The van der Waals surface area contributed by atoms with Crippen LogP contribution in [0.2, 0.25) is 16.6 Å². The Hall–Kier alpha value is -0.703. The van der Waals surface area contributed by atoms with Crippen LogP contribution in [0.15, 0.2) is 5.11 Å². The predicted octanol–water partition coefficient (Wildman–Crippen LogP) is 5.07. The van der Waals surface area contributed by atoms with Crippen molar-refractivity contribution in [1.82, 2.24) is 0 Å². The highest BCUT2D eigenvalue weighted by molar-refractivity contribution is 6.77. The van der Waals surface area contributed by atoms with Crippen LogP contribution in [0.4, 0.5) is 4.39 Å². The highest BCUT2D eigenvalue weighted by Crippen LogP contribution is 2.44. The molecule has 0 unspecified atom stereocenters. The minimum absolute atomic E-state index is 0.241. The van der Waals surface area contributed by atoms with Crippen LogP contribution < -0.4 is 0 Å². The Morgan fingerprint density at radius 2 is 1.59 bits per heavy atom. The van der Waals surface area contributed by atoms with E-state index in [1.54, 1.807) is 13.8 Å². The van der Waals surface area contributed by atoms with Gasteiger partial charge in [-0.2, -0.15) is 0 Å². The van der Waals surface area contributed by atoms with Gasteiger partial charge in [-0.05, 0) is 36.0 Å². The Bertz CT molecular complexity index is 547. The number of halogens is 1. The molecule has 0 aromatic rings. The van der Waals surface area contributed by atoms with Gasteiger partial charge in [-0.25, -0.2) is 4.39 Å². The van der Waals surface area contributed by atoms with Gasteiger partial charge in [0.2, 0.25) is 6.36 Å². The van der Waals surface area contributed by atoms with E-state index < -0.39 is 44.8 Å². The van der Waals surface area contributed by atoms with Crippen molar-refractivity contribution in [1.29, 1.82) is 0 Å². The fourth-order valence-electron chi connectivity index (χ4n) is 4.88. The molecule has 5 atom stereocenters. The van der Waals surface area contributed by atoms with Gasteiger partial charge in [-0.15, -0.1) is 0 Å². The topological polar surface area (TPSA) is 85.7 Å². The molecule has 0 N–H and O–H groups in total. The third kappa shape index (κ3) is 4.33. The first-order chi connectivity index (χ1) is 12.5. The molecule has 156 valence electrons. The molecule has 2 saturated heterocycles. The van der Waals surface area contributed by atoms with E-state index in [-0.39, 0.29) is 6.61 Å². The first-order valence-electron chi connectivity index (χ1n) is 9.79. The van der Waals surface area contributed by atoms with Gasteiger partial charge in [-0.1, -0.05) is 46.7 Å². The third-order valence-corrected chi connectivity index (χ3v) is 11.9. The molecule has 2 fully saturated rings. The maximum Gasteiger partial charge on any atom is 0.210 e. The standard InChI is InChI=1S/C18H34FN3O4Si/c1-10(2)27(11(3)4,12(5)6)23-9-13-15-16(26-18(7,8)25-15)14(21-22-20)17(19)24-13/h10-17H,9H2,1-8H3/t13-,14-,15+,16-,17-/m1/s1. The second-order valence-electron chi connectivity index (χ2n) is 8.91. The van der Waals surface area contributed by atoms with E-state index in [9.17, 15) is 4.39 Å². The summed E-state index contributed by atoms with van der Waals surface area (Å²) >= 11 is 0. The molecule has 2 rings (SSSR count). The van der Waals surface area contributed by atoms with Gasteiger partial charge in [-0.3, -0.25) is 0 Å². The van der Waals surface area contributed by atoms with Crippen LogP contribution in [0.5, 0.6) is 0 Å². The van der Waals surface area contributed by atoms with Gasteiger partial charge in [0.05, 0.1) is 6.61 Å². The lowest BCUT2D eigenvalue weighted by atomic mass is 9.98. The molecule has 9 heteroatoms. The minimum Gasteiger partial charge on any atom is -0.413 e. The minimum atomic E-state index is -2.13. The van der Waals surface area contributed by atoms with Crippen LogP contribution in [0.25, 0.3) is 10.4 Å². The van der Waals surface area contributed by atoms with Crippen molar-refractivity contribution in [2.24, 2.45) is 5.11 Å². The molecule has 0 spiro atoms.